The highest BCUT2D eigenvalue weighted by molar-refractivity contribution is 6.25. The topological polar surface area (TPSA) is 8.17 Å². The predicted octanol–water partition coefficient (Wildman–Crippen LogP) is 13.0. The molecule has 0 saturated carbocycles. The third-order valence-corrected chi connectivity index (χ3v) is 11.0. The molecule has 1 aliphatic heterocycles. The van der Waals surface area contributed by atoms with Gasteiger partial charge < -0.3 is 9.47 Å². The summed E-state index contributed by atoms with van der Waals surface area (Å²) in [6.07, 6.45) is 7.85. The van der Waals surface area contributed by atoms with E-state index in [1.807, 2.05) is 0 Å². The molecule has 1 atom stereocenters. The molecule has 50 heavy (non-hydrogen) atoms. The van der Waals surface area contributed by atoms with Crippen LogP contribution in [0.25, 0.3) is 70.9 Å². The number of rotatable bonds is 3. The maximum absolute atomic E-state index is 2.51. The number of para-hydroxylation sites is 2. The summed E-state index contributed by atoms with van der Waals surface area (Å²) in [5.74, 6) is 0.342. The quantitative estimate of drug-likeness (QED) is 0.175. The van der Waals surface area contributed by atoms with Crippen molar-refractivity contribution in [2.24, 2.45) is 0 Å². The Kier molecular flexibility index (Phi) is 5.82. The molecule has 0 spiro atoms. The number of nitrogens with zero attached hydrogens (tertiary/aromatic N) is 2. The fourth-order valence-corrected chi connectivity index (χ4v) is 8.85. The number of hydrogen-bond acceptors (Lipinski definition) is 1. The van der Waals surface area contributed by atoms with Gasteiger partial charge in [0.1, 0.15) is 0 Å². The third-order valence-electron chi connectivity index (χ3n) is 11.0. The lowest BCUT2D eigenvalue weighted by atomic mass is 9.91. The highest BCUT2D eigenvalue weighted by Crippen LogP contribution is 2.54. The number of hydrogen-bond donors (Lipinski definition) is 0. The van der Waals surface area contributed by atoms with Gasteiger partial charge in [0.15, 0.2) is 0 Å². The number of benzene rings is 8. The molecule has 0 saturated heterocycles. The molecule has 0 bridgehead atoms. The maximum atomic E-state index is 2.51. The van der Waals surface area contributed by atoms with Crippen LogP contribution in [0.2, 0.25) is 0 Å². The average molecular weight is 637 g/mol. The zero-order chi connectivity index (χ0) is 32.8. The first-order valence-corrected chi connectivity index (χ1v) is 17.6. The van der Waals surface area contributed by atoms with E-state index in [-0.39, 0.29) is 0 Å². The minimum Gasteiger partial charge on any atom is -0.311 e. The van der Waals surface area contributed by atoms with Crippen LogP contribution in [0.3, 0.4) is 0 Å². The summed E-state index contributed by atoms with van der Waals surface area (Å²) in [4.78, 5) is 2.51. The van der Waals surface area contributed by atoms with Crippen molar-refractivity contribution in [2.75, 3.05) is 4.90 Å². The van der Waals surface area contributed by atoms with Crippen LogP contribution in [0, 0.1) is 0 Å². The molecule has 11 rings (SSSR count). The van der Waals surface area contributed by atoms with Gasteiger partial charge in [0.25, 0.3) is 0 Å². The van der Waals surface area contributed by atoms with Crippen molar-refractivity contribution in [1.82, 2.24) is 4.57 Å². The van der Waals surface area contributed by atoms with Crippen molar-refractivity contribution in [3.05, 3.63) is 187 Å². The van der Waals surface area contributed by atoms with Crippen molar-refractivity contribution in [1.29, 1.82) is 0 Å². The normalized spacial score (nSPS) is 15.3. The molecule has 8 aromatic carbocycles. The zero-order valence-corrected chi connectivity index (χ0v) is 27.4. The molecule has 234 valence electrons. The highest BCUT2D eigenvalue weighted by Gasteiger charge is 2.37. The lowest BCUT2D eigenvalue weighted by molar-refractivity contribution is 0.820. The molecule has 2 aliphatic rings. The standard InChI is InChI=1S/C48H32N2/c1-2-12-33(13-3-1)49-45-20-10-8-18-40(45)42-28-29-43-41-19-9-11-21-46(41)50(48(43)47(42)49)34-25-22-31(23-26-34)32-24-27-39-37-16-5-4-14-35(37)36-15-6-7-17-38(36)44(39)30-32/h1-17,19-30,40H,18H2. The van der Waals surface area contributed by atoms with Crippen LogP contribution in [0.15, 0.2) is 182 Å². The molecule has 1 aromatic heterocycles. The van der Waals surface area contributed by atoms with Crippen LogP contribution in [0.5, 0.6) is 0 Å². The van der Waals surface area contributed by atoms with Crippen LogP contribution >= 0.6 is 0 Å². The highest BCUT2D eigenvalue weighted by atomic mass is 15.2. The van der Waals surface area contributed by atoms with Gasteiger partial charge in [0.2, 0.25) is 0 Å². The molecule has 2 nitrogen and oxygen atoms in total. The van der Waals surface area contributed by atoms with E-state index in [2.05, 4.69) is 185 Å². The molecule has 0 N–H and O–H groups in total. The molecule has 0 radical (unpaired) electrons. The fraction of sp³-hybridized carbons (Fsp3) is 0.0417. The number of aromatic nitrogens is 1. The molecule has 9 aromatic rings. The summed E-state index contributed by atoms with van der Waals surface area (Å²) < 4.78 is 2.49. The SMILES string of the molecule is C1=CCC2C(=C1)N(c1ccccc1)c1c2ccc2c3ccccc3n(-c3ccc(-c4ccc5c6ccccc6c6ccccc6c5c4)cc3)c12. The van der Waals surface area contributed by atoms with E-state index in [4.69, 9.17) is 0 Å². The zero-order valence-electron chi connectivity index (χ0n) is 27.4. The van der Waals surface area contributed by atoms with E-state index in [0.717, 1.165) is 6.42 Å². The van der Waals surface area contributed by atoms with Gasteiger partial charge in [-0.05, 0) is 97.9 Å². The van der Waals surface area contributed by atoms with E-state index in [9.17, 15) is 0 Å². The van der Waals surface area contributed by atoms with Crippen LogP contribution in [-0.2, 0) is 0 Å². The summed E-state index contributed by atoms with van der Waals surface area (Å²) in [7, 11) is 0. The van der Waals surface area contributed by atoms with Crippen LogP contribution in [0.4, 0.5) is 11.4 Å². The first-order valence-electron chi connectivity index (χ1n) is 17.6. The van der Waals surface area contributed by atoms with E-state index in [1.54, 1.807) is 0 Å². The van der Waals surface area contributed by atoms with E-state index < -0.39 is 0 Å². The summed E-state index contributed by atoms with van der Waals surface area (Å²) in [6.45, 7) is 0. The average Bonchev–Trinajstić information content (AvgIpc) is 3.71. The third kappa shape index (κ3) is 3.85. The first kappa shape index (κ1) is 27.6. The molecular weight excluding hydrogens is 605 g/mol. The smallest absolute Gasteiger partial charge is 0.0785 e. The Balaban J connectivity index is 1.11. The second-order valence-electron chi connectivity index (χ2n) is 13.6. The van der Waals surface area contributed by atoms with Gasteiger partial charge in [-0.1, -0.05) is 133 Å². The number of anilines is 2. The lowest BCUT2D eigenvalue weighted by Gasteiger charge is -2.25. The van der Waals surface area contributed by atoms with E-state index in [1.165, 1.54) is 93.6 Å². The Bertz CT molecular complexity index is 2850. The Morgan fingerprint density at radius 3 is 1.80 bits per heavy atom. The van der Waals surface area contributed by atoms with Crippen molar-refractivity contribution in [2.45, 2.75) is 12.3 Å². The van der Waals surface area contributed by atoms with Gasteiger partial charge in [-0.3, -0.25) is 0 Å². The summed E-state index contributed by atoms with van der Waals surface area (Å²) >= 11 is 0. The summed E-state index contributed by atoms with van der Waals surface area (Å²) in [6, 6.07) is 58.3. The van der Waals surface area contributed by atoms with Gasteiger partial charge in [-0.15, -0.1) is 0 Å². The Hall–Kier alpha value is -6.38. The minimum atomic E-state index is 0.342. The molecule has 0 fully saturated rings. The van der Waals surface area contributed by atoms with Crippen LogP contribution < -0.4 is 4.90 Å². The first-order chi connectivity index (χ1) is 24.8. The van der Waals surface area contributed by atoms with Gasteiger partial charge in [0.05, 0.1) is 16.7 Å². The molecule has 0 amide bonds. The van der Waals surface area contributed by atoms with Gasteiger partial charge in [-0.25, -0.2) is 0 Å². The molecular formula is C48H32N2. The van der Waals surface area contributed by atoms with E-state index >= 15 is 0 Å². The van der Waals surface area contributed by atoms with Gasteiger partial charge >= 0.3 is 0 Å². The van der Waals surface area contributed by atoms with Crippen molar-refractivity contribution in [3.63, 3.8) is 0 Å². The maximum Gasteiger partial charge on any atom is 0.0785 e. The van der Waals surface area contributed by atoms with Crippen molar-refractivity contribution in [3.8, 4) is 16.8 Å². The van der Waals surface area contributed by atoms with Crippen molar-refractivity contribution >= 4 is 65.5 Å². The van der Waals surface area contributed by atoms with E-state index in [0.29, 0.717) is 5.92 Å². The second-order valence-corrected chi connectivity index (χ2v) is 13.6. The molecule has 2 heterocycles. The summed E-state index contributed by atoms with van der Waals surface area (Å²) in [5, 5.41) is 10.4. The monoisotopic (exact) mass is 636 g/mol. The fourth-order valence-electron chi connectivity index (χ4n) is 8.85. The molecule has 1 unspecified atom stereocenters. The molecule has 1 aliphatic carbocycles. The Morgan fingerprint density at radius 1 is 0.460 bits per heavy atom. The minimum absolute atomic E-state index is 0.342. The number of fused-ring (bicyclic) bond motifs is 13. The second kappa shape index (κ2) is 10.6. The van der Waals surface area contributed by atoms with Crippen LogP contribution in [-0.4, -0.2) is 4.57 Å². The lowest BCUT2D eigenvalue weighted by Crippen LogP contribution is -2.15. The summed E-state index contributed by atoms with van der Waals surface area (Å²) in [5.41, 5.74) is 11.3. The number of allylic oxidation sites excluding steroid dienone is 4. The van der Waals surface area contributed by atoms with Crippen molar-refractivity contribution < 1.29 is 0 Å². The van der Waals surface area contributed by atoms with Crippen LogP contribution in [0.1, 0.15) is 17.9 Å². The Morgan fingerprint density at radius 2 is 1.06 bits per heavy atom. The van der Waals surface area contributed by atoms with Gasteiger partial charge in [-0.2, -0.15) is 0 Å². The predicted molar refractivity (Wildman–Crippen MR) is 212 cm³/mol. The van der Waals surface area contributed by atoms with Gasteiger partial charge in [0, 0.05) is 33.8 Å². The Labute approximate surface area is 290 Å². The largest absolute Gasteiger partial charge is 0.311 e. The molecule has 2 heteroatoms.